The van der Waals surface area contributed by atoms with Crippen LogP contribution in [0.2, 0.25) is 0 Å². The SMILES string of the molecule is O=C(O[C@@H]1[C@@H](OC(=O)c2ccccc2)[C@@H](O)O[C@H](c2nc3ncccn3n2)[C@H]1OC(=O)c1ccccc1)c1ccccc1. The Morgan fingerprint density at radius 3 is 1.67 bits per heavy atom. The average Bonchev–Trinajstić information content (AvgIpc) is 3.49. The summed E-state index contributed by atoms with van der Waals surface area (Å²) in [5.74, 6) is -2.23. The van der Waals surface area contributed by atoms with Crippen molar-refractivity contribution in [2.45, 2.75) is 30.7 Å². The van der Waals surface area contributed by atoms with Crippen molar-refractivity contribution < 1.29 is 38.4 Å². The van der Waals surface area contributed by atoms with Crippen LogP contribution in [0.3, 0.4) is 0 Å². The lowest BCUT2D eigenvalue weighted by atomic mass is 9.97. The van der Waals surface area contributed by atoms with Crippen LogP contribution in [-0.2, 0) is 18.9 Å². The van der Waals surface area contributed by atoms with E-state index in [0.29, 0.717) is 0 Å². The van der Waals surface area contributed by atoms with Crippen molar-refractivity contribution in [3.05, 3.63) is 132 Å². The molecule has 216 valence electrons. The number of aliphatic hydroxyl groups excluding tert-OH is 1. The van der Waals surface area contributed by atoms with Gasteiger partial charge >= 0.3 is 17.9 Å². The van der Waals surface area contributed by atoms with E-state index < -0.39 is 48.6 Å². The highest BCUT2D eigenvalue weighted by Gasteiger charge is 2.54. The van der Waals surface area contributed by atoms with Crippen molar-refractivity contribution in [2.24, 2.45) is 0 Å². The van der Waals surface area contributed by atoms with Gasteiger partial charge in [0.1, 0.15) is 0 Å². The molecule has 0 aliphatic carbocycles. The second-order valence-electron chi connectivity index (χ2n) is 9.49. The standard InChI is InChI=1S/C31H24N4O8/c36-27(19-11-4-1-5-12-19)40-22-23(41-28(37)20-13-6-2-7-14-20)25(43-29(38)21-15-8-3-9-16-21)30(39)42-24(22)26-33-31-32-17-10-18-35(31)34-26/h1-18,22-25,30,39H/t22-,23-,24-,25+,30-/m0/s1. The third kappa shape index (κ3) is 5.96. The summed E-state index contributed by atoms with van der Waals surface area (Å²) in [5.41, 5.74) is 0.551. The van der Waals surface area contributed by atoms with E-state index in [9.17, 15) is 19.5 Å². The molecular formula is C31H24N4O8. The Hall–Kier alpha value is -5.46. The van der Waals surface area contributed by atoms with Gasteiger partial charge in [0, 0.05) is 12.4 Å². The number of benzene rings is 3. The first-order chi connectivity index (χ1) is 21.0. The molecule has 0 spiro atoms. The second kappa shape index (κ2) is 12.2. The first-order valence-corrected chi connectivity index (χ1v) is 13.3. The Morgan fingerprint density at radius 2 is 1.16 bits per heavy atom. The van der Waals surface area contributed by atoms with Gasteiger partial charge in [-0.15, -0.1) is 5.10 Å². The minimum absolute atomic E-state index is 0.0165. The Morgan fingerprint density at radius 1 is 0.674 bits per heavy atom. The molecule has 1 N–H and O–H groups in total. The number of rotatable bonds is 7. The minimum atomic E-state index is -1.84. The van der Waals surface area contributed by atoms with Crippen LogP contribution in [-0.4, -0.2) is 67.2 Å². The predicted octanol–water partition coefficient (Wildman–Crippen LogP) is 3.19. The van der Waals surface area contributed by atoms with Crippen molar-refractivity contribution in [3.63, 3.8) is 0 Å². The van der Waals surface area contributed by atoms with E-state index in [1.807, 2.05) is 0 Å². The second-order valence-corrected chi connectivity index (χ2v) is 9.49. The topological polar surface area (TPSA) is 151 Å². The number of ether oxygens (including phenoxy) is 4. The molecule has 3 heterocycles. The number of fused-ring (bicyclic) bond motifs is 1. The number of carbonyl (C=O) groups excluding carboxylic acids is 3. The van der Waals surface area contributed by atoms with Gasteiger partial charge in [-0.1, -0.05) is 54.6 Å². The van der Waals surface area contributed by atoms with Crippen LogP contribution < -0.4 is 0 Å². The molecule has 3 aromatic carbocycles. The molecule has 0 unspecified atom stereocenters. The van der Waals surface area contributed by atoms with Gasteiger partial charge in [0.05, 0.1) is 16.7 Å². The zero-order chi connectivity index (χ0) is 29.8. The Balaban J connectivity index is 1.42. The van der Waals surface area contributed by atoms with E-state index in [4.69, 9.17) is 18.9 Å². The number of aliphatic hydroxyl groups is 1. The fourth-order valence-electron chi connectivity index (χ4n) is 4.59. The highest BCUT2D eigenvalue weighted by Crippen LogP contribution is 2.36. The van der Waals surface area contributed by atoms with Crippen LogP contribution in [0.4, 0.5) is 0 Å². The highest BCUT2D eigenvalue weighted by atomic mass is 16.7. The predicted molar refractivity (Wildman–Crippen MR) is 148 cm³/mol. The first-order valence-electron chi connectivity index (χ1n) is 13.3. The lowest BCUT2D eigenvalue weighted by Gasteiger charge is -2.42. The molecule has 0 bridgehead atoms. The van der Waals surface area contributed by atoms with Gasteiger partial charge in [0.15, 0.2) is 36.5 Å². The van der Waals surface area contributed by atoms with E-state index in [2.05, 4.69) is 15.1 Å². The fraction of sp³-hybridized carbons (Fsp3) is 0.161. The number of hydrogen-bond acceptors (Lipinski definition) is 11. The number of carbonyl (C=O) groups is 3. The van der Waals surface area contributed by atoms with E-state index in [1.54, 1.807) is 79.0 Å². The molecule has 0 radical (unpaired) electrons. The molecule has 0 saturated carbocycles. The van der Waals surface area contributed by atoms with E-state index in [0.717, 1.165) is 0 Å². The van der Waals surface area contributed by atoms with Crippen molar-refractivity contribution in [1.29, 1.82) is 0 Å². The van der Waals surface area contributed by atoms with Crippen LogP contribution in [0.15, 0.2) is 109 Å². The maximum Gasteiger partial charge on any atom is 0.338 e. The van der Waals surface area contributed by atoms with Crippen LogP contribution in [0.1, 0.15) is 43.0 Å². The largest absolute Gasteiger partial charge is 0.451 e. The van der Waals surface area contributed by atoms with Crippen LogP contribution in [0.25, 0.3) is 5.78 Å². The van der Waals surface area contributed by atoms with Gasteiger partial charge < -0.3 is 24.1 Å². The third-order valence-electron chi connectivity index (χ3n) is 6.66. The molecular weight excluding hydrogens is 556 g/mol. The molecule has 12 nitrogen and oxygen atoms in total. The van der Waals surface area contributed by atoms with Crippen LogP contribution in [0.5, 0.6) is 0 Å². The summed E-state index contributed by atoms with van der Waals surface area (Å²) in [6.45, 7) is 0. The zero-order valence-corrected chi connectivity index (χ0v) is 22.4. The van der Waals surface area contributed by atoms with Crippen molar-refractivity contribution in [1.82, 2.24) is 19.6 Å². The fourth-order valence-corrected chi connectivity index (χ4v) is 4.59. The summed E-state index contributed by atoms with van der Waals surface area (Å²) in [4.78, 5) is 48.3. The molecule has 43 heavy (non-hydrogen) atoms. The summed E-state index contributed by atoms with van der Waals surface area (Å²) in [5, 5.41) is 15.6. The summed E-state index contributed by atoms with van der Waals surface area (Å²) >= 11 is 0. The summed E-state index contributed by atoms with van der Waals surface area (Å²) in [7, 11) is 0. The number of nitrogens with zero attached hydrogens (tertiary/aromatic N) is 4. The van der Waals surface area contributed by atoms with Gasteiger partial charge in [-0.2, -0.15) is 4.98 Å². The zero-order valence-electron chi connectivity index (χ0n) is 22.4. The van der Waals surface area contributed by atoms with Gasteiger partial charge in [-0.25, -0.2) is 23.9 Å². The first kappa shape index (κ1) is 27.7. The molecule has 5 atom stereocenters. The molecule has 1 saturated heterocycles. The maximum absolute atomic E-state index is 13.3. The molecule has 5 aromatic rings. The third-order valence-corrected chi connectivity index (χ3v) is 6.66. The highest BCUT2D eigenvalue weighted by molar-refractivity contribution is 5.91. The van der Waals surface area contributed by atoms with E-state index >= 15 is 0 Å². The minimum Gasteiger partial charge on any atom is -0.451 e. The summed E-state index contributed by atoms with van der Waals surface area (Å²) < 4.78 is 24.7. The number of esters is 3. The number of hydrogen-bond donors (Lipinski definition) is 1. The molecule has 6 rings (SSSR count). The molecule has 1 aliphatic rings. The molecule has 1 aliphatic heterocycles. The monoisotopic (exact) mass is 580 g/mol. The Bertz CT molecular complexity index is 1700. The molecule has 1 fully saturated rings. The maximum atomic E-state index is 13.3. The van der Waals surface area contributed by atoms with E-state index in [1.165, 1.54) is 35.0 Å². The quantitative estimate of drug-likeness (QED) is 0.223. The van der Waals surface area contributed by atoms with Gasteiger partial charge in [-0.05, 0) is 42.5 Å². The Labute approximate surface area is 244 Å². The van der Waals surface area contributed by atoms with Crippen molar-refractivity contribution in [3.8, 4) is 0 Å². The summed E-state index contributed by atoms with van der Waals surface area (Å²) in [6.07, 6.45) is -4.72. The van der Waals surface area contributed by atoms with Crippen molar-refractivity contribution >= 4 is 23.7 Å². The normalized spacial score (nSPS) is 21.6. The van der Waals surface area contributed by atoms with Crippen LogP contribution >= 0.6 is 0 Å². The van der Waals surface area contributed by atoms with Crippen molar-refractivity contribution in [2.75, 3.05) is 0 Å². The number of aromatic nitrogens is 4. The van der Waals surface area contributed by atoms with Gasteiger partial charge in [-0.3, -0.25) is 0 Å². The Kier molecular flexibility index (Phi) is 7.85. The lowest BCUT2D eigenvalue weighted by molar-refractivity contribution is -0.283. The molecule has 12 heteroatoms. The summed E-state index contributed by atoms with van der Waals surface area (Å²) in [6, 6.07) is 25.9. The molecule has 0 amide bonds. The molecule has 2 aromatic heterocycles. The van der Waals surface area contributed by atoms with Gasteiger partial charge in [0.2, 0.25) is 0 Å². The van der Waals surface area contributed by atoms with Crippen LogP contribution in [0, 0.1) is 0 Å². The lowest BCUT2D eigenvalue weighted by Crippen LogP contribution is -2.58. The van der Waals surface area contributed by atoms with Gasteiger partial charge in [0.25, 0.3) is 5.78 Å². The smallest absolute Gasteiger partial charge is 0.338 e. The average molecular weight is 581 g/mol. The van der Waals surface area contributed by atoms with E-state index in [-0.39, 0.29) is 28.3 Å².